The molecule has 0 unspecified atom stereocenters. The van der Waals surface area contributed by atoms with Crippen LogP contribution in [0.15, 0.2) is 48.8 Å². The van der Waals surface area contributed by atoms with Gasteiger partial charge in [0.15, 0.2) is 0 Å². The number of carbonyl (C=O) groups is 2. The van der Waals surface area contributed by atoms with E-state index in [2.05, 4.69) is 10.3 Å². The molecule has 26 heavy (non-hydrogen) atoms. The Balaban J connectivity index is 1.85. The summed E-state index contributed by atoms with van der Waals surface area (Å²) >= 11 is 1.54. The largest absolute Gasteiger partial charge is 0.333 e. The van der Waals surface area contributed by atoms with E-state index < -0.39 is 0 Å². The molecule has 1 N–H and O–H groups in total. The second kappa shape index (κ2) is 10.6. The second-order valence-electron chi connectivity index (χ2n) is 6.03. The SMILES string of the molecule is CCCN(CC(=O)Nc1ccccc1C)C(=O)CSCc1cccnc1. The Morgan fingerprint density at radius 2 is 2.00 bits per heavy atom. The molecule has 138 valence electrons. The van der Waals surface area contributed by atoms with Gasteiger partial charge in [0.25, 0.3) is 0 Å². The van der Waals surface area contributed by atoms with Crippen LogP contribution in [-0.4, -0.2) is 40.5 Å². The van der Waals surface area contributed by atoms with Crippen molar-refractivity contribution in [1.29, 1.82) is 0 Å². The van der Waals surface area contributed by atoms with Crippen molar-refractivity contribution in [3.63, 3.8) is 0 Å². The average Bonchev–Trinajstić information content (AvgIpc) is 2.64. The van der Waals surface area contributed by atoms with Crippen LogP contribution in [0.25, 0.3) is 0 Å². The van der Waals surface area contributed by atoms with Crippen molar-refractivity contribution in [3.8, 4) is 0 Å². The van der Waals surface area contributed by atoms with Crippen molar-refractivity contribution in [3.05, 3.63) is 59.9 Å². The molecule has 0 spiro atoms. The number of amides is 2. The lowest BCUT2D eigenvalue weighted by Crippen LogP contribution is -2.39. The maximum Gasteiger partial charge on any atom is 0.244 e. The molecule has 0 radical (unpaired) electrons. The highest BCUT2D eigenvalue weighted by Gasteiger charge is 2.17. The van der Waals surface area contributed by atoms with Gasteiger partial charge in [-0.15, -0.1) is 11.8 Å². The zero-order valence-electron chi connectivity index (χ0n) is 15.3. The van der Waals surface area contributed by atoms with Crippen LogP contribution in [0.2, 0.25) is 0 Å². The minimum atomic E-state index is -0.168. The van der Waals surface area contributed by atoms with Gasteiger partial charge in [-0.1, -0.05) is 31.2 Å². The standard InChI is InChI=1S/C20H25N3O2S/c1-3-11-23(13-19(24)22-18-9-5-4-7-16(18)2)20(25)15-26-14-17-8-6-10-21-12-17/h4-10,12H,3,11,13-15H2,1-2H3,(H,22,24). The molecule has 0 saturated heterocycles. The molecule has 0 fully saturated rings. The van der Waals surface area contributed by atoms with Crippen LogP contribution in [0.4, 0.5) is 5.69 Å². The van der Waals surface area contributed by atoms with E-state index in [1.54, 1.807) is 17.3 Å². The number of aromatic nitrogens is 1. The van der Waals surface area contributed by atoms with E-state index >= 15 is 0 Å². The fraction of sp³-hybridized carbons (Fsp3) is 0.350. The first-order chi connectivity index (χ1) is 12.6. The summed E-state index contributed by atoms with van der Waals surface area (Å²) in [5.41, 5.74) is 2.87. The monoisotopic (exact) mass is 371 g/mol. The minimum Gasteiger partial charge on any atom is -0.333 e. The summed E-state index contributed by atoms with van der Waals surface area (Å²) in [4.78, 5) is 30.5. The first-order valence-electron chi connectivity index (χ1n) is 8.70. The Kier molecular flexibility index (Phi) is 8.15. The zero-order chi connectivity index (χ0) is 18.8. The summed E-state index contributed by atoms with van der Waals surface area (Å²) in [7, 11) is 0. The molecule has 0 aliphatic carbocycles. The molecule has 0 aliphatic rings. The van der Waals surface area contributed by atoms with Gasteiger partial charge in [0.1, 0.15) is 0 Å². The summed E-state index contributed by atoms with van der Waals surface area (Å²) in [5, 5.41) is 2.89. The molecule has 1 aromatic carbocycles. The number of hydrogen-bond donors (Lipinski definition) is 1. The maximum atomic E-state index is 12.5. The zero-order valence-corrected chi connectivity index (χ0v) is 16.1. The normalized spacial score (nSPS) is 10.4. The summed E-state index contributed by atoms with van der Waals surface area (Å²) in [6, 6.07) is 11.5. The van der Waals surface area contributed by atoms with Crippen molar-refractivity contribution in [2.24, 2.45) is 0 Å². The maximum absolute atomic E-state index is 12.5. The topological polar surface area (TPSA) is 62.3 Å². The number of rotatable bonds is 9. The minimum absolute atomic E-state index is 0.0133. The van der Waals surface area contributed by atoms with Crippen molar-refractivity contribution < 1.29 is 9.59 Å². The molecular formula is C20H25N3O2S. The van der Waals surface area contributed by atoms with E-state index in [4.69, 9.17) is 0 Å². The fourth-order valence-electron chi connectivity index (χ4n) is 2.47. The number of anilines is 1. The highest BCUT2D eigenvalue weighted by Crippen LogP contribution is 2.14. The predicted molar refractivity (Wildman–Crippen MR) is 107 cm³/mol. The van der Waals surface area contributed by atoms with Crippen molar-refractivity contribution >= 4 is 29.3 Å². The lowest BCUT2D eigenvalue weighted by Gasteiger charge is -2.21. The van der Waals surface area contributed by atoms with Gasteiger partial charge in [-0.3, -0.25) is 14.6 Å². The Morgan fingerprint density at radius 1 is 1.19 bits per heavy atom. The van der Waals surface area contributed by atoms with Crippen LogP contribution in [0.5, 0.6) is 0 Å². The molecule has 2 amide bonds. The number of aryl methyl sites for hydroxylation is 1. The Morgan fingerprint density at radius 3 is 2.69 bits per heavy atom. The van der Waals surface area contributed by atoms with Gasteiger partial charge in [-0.05, 0) is 36.6 Å². The fourth-order valence-corrected chi connectivity index (χ4v) is 3.33. The summed E-state index contributed by atoms with van der Waals surface area (Å²) in [6.07, 6.45) is 4.35. The molecule has 0 aliphatic heterocycles. The molecule has 0 saturated carbocycles. The summed E-state index contributed by atoms with van der Waals surface area (Å²) in [6.45, 7) is 4.60. The van der Waals surface area contributed by atoms with Gasteiger partial charge < -0.3 is 10.2 Å². The van der Waals surface area contributed by atoms with E-state index in [1.165, 1.54) is 11.8 Å². The van der Waals surface area contributed by atoms with Crippen LogP contribution < -0.4 is 5.32 Å². The molecule has 0 bridgehead atoms. The van der Waals surface area contributed by atoms with E-state index in [0.29, 0.717) is 12.3 Å². The lowest BCUT2D eigenvalue weighted by atomic mass is 10.2. The molecule has 2 aromatic rings. The summed E-state index contributed by atoms with van der Waals surface area (Å²) in [5.74, 6) is 0.903. The number of pyridine rings is 1. The third-order valence-corrected chi connectivity index (χ3v) is 4.81. The molecule has 0 atom stereocenters. The van der Waals surface area contributed by atoms with Gasteiger partial charge in [0.05, 0.1) is 12.3 Å². The number of hydrogen-bond acceptors (Lipinski definition) is 4. The molecule has 1 heterocycles. The highest BCUT2D eigenvalue weighted by atomic mass is 32.2. The Hall–Kier alpha value is -2.34. The first-order valence-corrected chi connectivity index (χ1v) is 9.85. The van der Waals surface area contributed by atoms with Crippen LogP contribution >= 0.6 is 11.8 Å². The molecule has 6 heteroatoms. The predicted octanol–water partition coefficient (Wildman–Crippen LogP) is 3.50. The third-order valence-electron chi connectivity index (χ3n) is 3.82. The van der Waals surface area contributed by atoms with E-state index in [-0.39, 0.29) is 18.4 Å². The second-order valence-corrected chi connectivity index (χ2v) is 7.02. The first kappa shape index (κ1) is 20.0. The van der Waals surface area contributed by atoms with Gasteiger partial charge in [0.2, 0.25) is 11.8 Å². The number of nitrogens with zero attached hydrogens (tertiary/aromatic N) is 2. The number of thioether (sulfide) groups is 1. The van der Waals surface area contributed by atoms with Gasteiger partial charge in [-0.25, -0.2) is 0 Å². The third kappa shape index (κ3) is 6.52. The van der Waals surface area contributed by atoms with Gasteiger partial charge >= 0.3 is 0 Å². The molecule has 1 aromatic heterocycles. The van der Waals surface area contributed by atoms with Crippen molar-refractivity contribution in [2.75, 3.05) is 24.2 Å². The lowest BCUT2D eigenvalue weighted by molar-refractivity contribution is -0.132. The van der Waals surface area contributed by atoms with Gasteiger partial charge in [0, 0.05) is 30.4 Å². The highest BCUT2D eigenvalue weighted by molar-refractivity contribution is 7.99. The number of benzene rings is 1. The summed E-state index contributed by atoms with van der Waals surface area (Å²) < 4.78 is 0. The molecular weight excluding hydrogens is 346 g/mol. The number of para-hydroxylation sites is 1. The quantitative estimate of drug-likeness (QED) is 0.733. The number of carbonyl (C=O) groups excluding carboxylic acids is 2. The smallest absolute Gasteiger partial charge is 0.244 e. The van der Waals surface area contributed by atoms with Gasteiger partial charge in [-0.2, -0.15) is 0 Å². The van der Waals surface area contributed by atoms with Crippen LogP contribution in [0, 0.1) is 6.92 Å². The van der Waals surface area contributed by atoms with Crippen molar-refractivity contribution in [1.82, 2.24) is 9.88 Å². The van der Waals surface area contributed by atoms with Crippen LogP contribution in [-0.2, 0) is 15.3 Å². The average molecular weight is 372 g/mol. The van der Waals surface area contributed by atoms with Crippen LogP contribution in [0.3, 0.4) is 0 Å². The van der Waals surface area contributed by atoms with E-state index in [0.717, 1.165) is 29.0 Å². The Bertz CT molecular complexity index is 722. The van der Waals surface area contributed by atoms with E-state index in [1.807, 2.05) is 50.2 Å². The number of nitrogens with one attached hydrogen (secondary N) is 1. The Labute approximate surface area is 159 Å². The molecule has 5 nitrogen and oxygen atoms in total. The molecule has 2 rings (SSSR count). The van der Waals surface area contributed by atoms with E-state index in [9.17, 15) is 9.59 Å². The van der Waals surface area contributed by atoms with Crippen molar-refractivity contribution in [2.45, 2.75) is 26.0 Å². The van der Waals surface area contributed by atoms with Crippen LogP contribution in [0.1, 0.15) is 24.5 Å².